The molecule has 0 unspecified atom stereocenters. The maximum Gasteiger partial charge on any atom is 0.0466 e. The summed E-state index contributed by atoms with van der Waals surface area (Å²) in [6, 6.07) is 0. The Morgan fingerprint density at radius 3 is 0.939 bits per heavy atom. The van der Waals surface area contributed by atoms with Crippen LogP contribution in [0.4, 0.5) is 0 Å². The first kappa shape index (κ1) is 33.0. The molecule has 0 aromatic carbocycles. The minimum atomic E-state index is 0.890. The Morgan fingerprint density at radius 2 is 0.636 bits per heavy atom. The van der Waals surface area contributed by atoms with Crippen molar-refractivity contribution in [1.82, 2.24) is 0 Å². The van der Waals surface area contributed by atoms with E-state index >= 15 is 0 Å². The fourth-order valence-electron chi connectivity index (χ4n) is 4.85. The number of hydrogen-bond acceptors (Lipinski definition) is 1. The molecular formula is C32H66O. The maximum absolute atomic E-state index is 5.84. The monoisotopic (exact) mass is 467 g/mol. The Hall–Kier alpha value is -0.0400. The smallest absolute Gasteiger partial charge is 0.0466 e. The predicted octanol–water partition coefficient (Wildman–Crippen LogP) is 11.8. The van der Waals surface area contributed by atoms with Gasteiger partial charge in [-0.15, -0.1) is 0 Å². The molecule has 0 spiro atoms. The SMILES string of the molecule is CCCCCCCCCCCCCCOCCCCCCCCCCCCCCCC(C)C. The quantitative estimate of drug-likeness (QED) is 0.0995. The molecule has 1 nitrogen and oxygen atoms in total. The summed E-state index contributed by atoms with van der Waals surface area (Å²) < 4.78 is 5.84. The normalized spacial score (nSPS) is 11.6. The lowest BCUT2D eigenvalue weighted by Gasteiger charge is -2.06. The van der Waals surface area contributed by atoms with E-state index in [2.05, 4.69) is 20.8 Å². The number of unbranched alkanes of at least 4 members (excludes halogenated alkanes) is 23. The van der Waals surface area contributed by atoms with Crippen LogP contribution in [0.3, 0.4) is 0 Å². The van der Waals surface area contributed by atoms with Gasteiger partial charge in [0.05, 0.1) is 0 Å². The van der Waals surface area contributed by atoms with Gasteiger partial charge in [-0.3, -0.25) is 0 Å². The van der Waals surface area contributed by atoms with Crippen LogP contribution in [0, 0.1) is 5.92 Å². The molecule has 0 fully saturated rings. The van der Waals surface area contributed by atoms with E-state index in [1.165, 1.54) is 167 Å². The lowest BCUT2D eigenvalue weighted by atomic mass is 10.0. The standard InChI is InChI=1S/C32H66O/c1-4-5-6-7-8-9-10-15-18-21-24-27-30-33-31-28-25-22-19-16-13-11-12-14-17-20-23-26-29-32(2)3/h32H,4-31H2,1-3H3. The Kier molecular flexibility index (Phi) is 30.0. The molecule has 1 heteroatoms. The average Bonchev–Trinajstić information content (AvgIpc) is 2.80. The third kappa shape index (κ3) is 32.0. The van der Waals surface area contributed by atoms with Crippen molar-refractivity contribution in [3.63, 3.8) is 0 Å². The molecule has 200 valence electrons. The summed E-state index contributed by atoms with van der Waals surface area (Å²) in [5.41, 5.74) is 0. The summed E-state index contributed by atoms with van der Waals surface area (Å²) in [5.74, 6) is 0.890. The lowest BCUT2D eigenvalue weighted by Crippen LogP contribution is -1.97. The van der Waals surface area contributed by atoms with Gasteiger partial charge in [0.2, 0.25) is 0 Å². The fourth-order valence-corrected chi connectivity index (χ4v) is 4.85. The summed E-state index contributed by atoms with van der Waals surface area (Å²) in [7, 11) is 0. The van der Waals surface area contributed by atoms with Gasteiger partial charge in [-0.25, -0.2) is 0 Å². The van der Waals surface area contributed by atoms with Crippen LogP contribution in [0.5, 0.6) is 0 Å². The molecular weight excluding hydrogens is 400 g/mol. The van der Waals surface area contributed by atoms with Crippen LogP contribution >= 0.6 is 0 Å². The van der Waals surface area contributed by atoms with E-state index in [0.29, 0.717) is 0 Å². The first-order valence-electron chi connectivity index (χ1n) is 15.8. The van der Waals surface area contributed by atoms with Crippen molar-refractivity contribution in [2.24, 2.45) is 5.92 Å². The van der Waals surface area contributed by atoms with Gasteiger partial charge in [0.1, 0.15) is 0 Å². The predicted molar refractivity (Wildman–Crippen MR) is 151 cm³/mol. The van der Waals surface area contributed by atoms with Gasteiger partial charge in [-0.05, 0) is 18.8 Å². The van der Waals surface area contributed by atoms with Crippen molar-refractivity contribution >= 4 is 0 Å². The fraction of sp³-hybridized carbons (Fsp3) is 1.00. The molecule has 0 saturated carbocycles. The van der Waals surface area contributed by atoms with Crippen LogP contribution in [0.25, 0.3) is 0 Å². The highest BCUT2D eigenvalue weighted by Crippen LogP contribution is 2.15. The van der Waals surface area contributed by atoms with Crippen molar-refractivity contribution in [3.05, 3.63) is 0 Å². The molecule has 33 heavy (non-hydrogen) atoms. The molecule has 0 rings (SSSR count). The highest BCUT2D eigenvalue weighted by molar-refractivity contribution is 4.51. The minimum absolute atomic E-state index is 0.890. The van der Waals surface area contributed by atoms with Crippen molar-refractivity contribution in [2.75, 3.05) is 13.2 Å². The van der Waals surface area contributed by atoms with Crippen molar-refractivity contribution < 1.29 is 4.74 Å². The zero-order valence-electron chi connectivity index (χ0n) is 23.8. The van der Waals surface area contributed by atoms with Crippen LogP contribution in [0.1, 0.15) is 188 Å². The summed E-state index contributed by atoms with van der Waals surface area (Å²) >= 11 is 0. The topological polar surface area (TPSA) is 9.23 Å². The molecule has 0 bridgehead atoms. The highest BCUT2D eigenvalue weighted by atomic mass is 16.5. The van der Waals surface area contributed by atoms with Gasteiger partial charge in [-0.1, -0.05) is 175 Å². The van der Waals surface area contributed by atoms with Crippen molar-refractivity contribution in [3.8, 4) is 0 Å². The van der Waals surface area contributed by atoms with Crippen LogP contribution in [-0.4, -0.2) is 13.2 Å². The van der Waals surface area contributed by atoms with Crippen LogP contribution in [0.15, 0.2) is 0 Å². The van der Waals surface area contributed by atoms with E-state index in [1.54, 1.807) is 0 Å². The summed E-state index contributed by atoms with van der Waals surface area (Å²) in [5, 5.41) is 0. The van der Waals surface area contributed by atoms with E-state index < -0.39 is 0 Å². The molecule has 0 aliphatic rings. The molecule has 0 aromatic heterocycles. The van der Waals surface area contributed by atoms with Gasteiger partial charge in [-0.2, -0.15) is 0 Å². The first-order valence-corrected chi connectivity index (χ1v) is 15.8. The van der Waals surface area contributed by atoms with Crippen LogP contribution in [0.2, 0.25) is 0 Å². The second-order valence-electron chi connectivity index (χ2n) is 11.3. The average molecular weight is 467 g/mol. The van der Waals surface area contributed by atoms with Gasteiger partial charge >= 0.3 is 0 Å². The largest absolute Gasteiger partial charge is 0.381 e. The van der Waals surface area contributed by atoms with E-state index in [9.17, 15) is 0 Å². The second-order valence-corrected chi connectivity index (χ2v) is 11.3. The highest BCUT2D eigenvalue weighted by Gasteiger charge is 1.97. The van der Waals surface area contributed by atoms with E-state index in [1.807, 2.05) is 0 Å². The number of rotatable bonds is 29. The Balaban J connectivity index is 3.00. The lowest BCUT2D eigenvalue weighted by molar-refractivity contribution is 0.125. The Bertz CT molecular complexity index is 324. The van der Waals surface area contributed by atoms with E-state index in [-0.39, 0.29) is 0 Å². The molecule has 0 heterocycles. The molecule has 0 aliphatic carbocycles. The van der Waals surface area contributed by atoms with E-state index in [4.69, 9.17) is 4.74 Å². The van der Waals surface area contributed by atoms with Gasteiger partial charge in [0, 0.05) is 13.2 Å². The molecule has 0 aliphatic heterocycles. The maximum atomic E-state index is 5.84. The number of hydrogen-bond donors (Lipinski definition) is 0. The molecule has 0 atom stereocenters. The van der Waals surface area contributed by atoms with Gasteiger partial charge < -0.3 is 4.74 Å². The van der Waals surface area contributed by atoms with Gasteiger partial charge in [0.25, 0.3) is 0 Å². The Labute approximate surface area is 211 Å². The molecule has 0 N–H and O–H groups in total. The molecule has 0 radical (unpaired) electrons. The first-order chi connectivity index (χ1) is 16.3. The van der Waals surface area contributed by atoms with Crippen molar-refractivity contribution in [1.29, 1.82) is 0 Å². The summed E-state index contributed by atoms with van der Waals surface area (Å²) in [6.45, 7) is 8.97. The Morgan fingerprint density at radius 1 is 0.364 bits per heavy atom. The molecule has 0 saturated heterocycles. The minimum Gasteiger partial charge on any atom is -0.381 e. The zero-order valence-corrected chi connectivity index (χ0v) is 23.8. The third-order valence-corrected chi connectivity index (χ3v) is 7.21. The van der Waals surface area contributed by atoms with Crippen molar-refractivity contribution in [2.45, 2.75) is 188 Å². The number of ether oxygens (including phenoxy) is 1. The summed E-state index contributed by atoms with van der Waals surface area (Å²) in [4.78, 5) is 0. The van der Waals surface area contributed by atoms with Crippen LogP contribution in [-0.2, 0) is 4.74 Å². The van der Waals surface area contributed by atoms with Gasteiger partial charge in [0.15, 0.2) is 0 Å². The van der Waals surface area contributed by atoms with Crippen LogP contribution < -0.4 is 0 Å². The summed E-state index contributed by atoms with van der Waals surface area (Å²) in [6.07, 6.45) is 37.1. The van der Waals surface area contributed by atoms with E-state index in [0.717, 1.165) is 19.1 Å². The molecule has 0 aromatic rings. The molecule has 0 amide bonds. The zero-order chi connectivity index (χ0) is 24.1. The second kappa shape index (κ2) is 30.0. The third-order valence-electron chi connectivity index (χ3n) is 7.21.